The van der Waals surface area contributed by atoms with Gasteiger partial charge < -0.3 is 19.5 Å². The van der Waals surface area contributed by atoms with Crippen molar-refractivity contribution in [3.63, 3.8) is 0 Å². The number of carbonyl (C=O) groups is 2. The van der Waals surface area contributed by atoms with Crippen molar-refractivity contribution in [2.45, 2.75) is 24.5 Å². The summed E-state index contributed by atoms with van der Waals surface area (Å²) in [4.78, 5) is 32.2. The van der Waals surface area contributed by atoms with Gasteiger partial charge in [-0.2, -0.15) is 13.2 Å². The first kappa shape index (κ1) is 26.7. The highest BCUT2D eigenvalue weighted by Crippen LogP contribution is 2.42. The normalized spacial score (nSPS) is 17.3. The van der Waals surface area contributed by atoms with Gasteiger partial charge in [-0.15, -0.1) is 13.2 Å². The number of esters is 1. The lowest BCUT2D eigenvalue weighted by Crippen LogP contribution is -2.50. The fourth-order valence-corrected chi connectivity index (χ4v) is 3.81. The van der Waals surface area contributed by atoms with Crippen LogP contribution in [0.5, 0.6) is 17.5 Å². The van der Waals surface area contributed by atoms with Gasteiger partial charge in [-0.3, -0.25) is 14.3 Å². The summed E-state index contributed by atoms with van der Waals surface area (Å²) in [6, 6.07) is 4.72. The second-order valence-corrected chi connectivity index (χ2v) is 7.87. The van der Waals surface area contributed by atoms with Crippen LogP contribution in [0.25, 0.3) is 0 Å². The van der Waals surface area contributed by atoms with E-state index < -0.39 is 47.5 Å². The Balaban J connectivity index is 1.74. The number of amides is 1. The third-order valence-electron chi connectivity index (χ3n) is 5.48. The highest BCUT2D eigenvalue weighted by molar-refractivity contribution is 5.94. The van der Waals surface area contributed by atoms with E-state index in [2.05, 4.69) is 24.8 Å². The zero-order valence-corrected chi connectivity index (χ0v) is 19.0. The molecule has 1 aliphatic heterocycles. The van der Waals surface area contributed by atoms with Crippen LogP contribution in [-0.4, -0.2) is 45.6 Å². The number of alkyl halides is 6. The summed E-state index contributed by atoms with van der Waals surface area (Å²) in [6.07, 6.45) is -8.38. The summed E-state index contributed by atoms with van der Waals surface area (Å²) < 4.78 is 104. The van der Waals surface area contributed by atoms with E-state index in [1.807, 2.05) is 0 Å². The van der Waals surface area contributed by atoms with Gasteiger partial charge in [-0.1, -0.05) is 6.07 Å². The number of rotatable bonds is 5. The number of imidazole rings is 1. The van der Waals surface area contributed by atoms with Crippen LogP contribution in [0, 0.1) is 5.82 Å². The van der Waals surface area contributed by atoms with Crippen LogP contribution in [0.2, 0.25) is 0 Å². The molecule has 202 valence electrons. The van der Waals surface area contributed by atoms with Crippen molar-refractivity contribution in [2.24, 2.45) is 7.05 Å². The Labute approximate surface area is 208 Å². The summed E-state index contributed by atoms with van der Waals surface area (Å²) in [6.45, 7) is -0.0404. The molecule has 4 rings (SSSR count). The number of ether oxygens (including phenoxy) is 3. The Morgan fingerprint density at radius 2 is 1.87 bits per heavy atom. The van der Waals surface area contributed by atoms with Crippen LogP contribution < -0.4 is 19.5 Å². The maximum absolute atomic E-state index is 14.7. The summed E-state index contributed by atoms with van der Waals surface area (Å²) in [5, 5.41) is 2.62. The minimum Gasteiger partial charge on any atom is -0.491 e. The van der Waals surface area contributed by atoms with E-state index in [9.17, 15) is 40.3 Å². The molecule has 1 unspecified atom stereocenters. The SMILES string of the molecule is Cn1c(C(=O)NC2(c3ccc(OC(F)(F)F)c(F)c3)CCOc3cccnc32)cnc1OC(=O)C(F)(F)F. The Morgan fingerprint density at radius 1 is 1.13 bits per heavy atom. The van der Waals surface area contributed by atoms with Crippen molar-refractivity contribution >= 4 is 11.9 Å². The van der Waals surface area contributed by atoms with Gasteiger partial charge in [-0.25, -0.2) is 14.2 Å². The second-order valence-electron chi connectivity index (χ2n) is 7.87. The monoisotopic (exact) mass is 548 g/mol. The largest absolute Gasteiger partial charge is 0.573 e. The van der Waals surface area contributed by atoms with E-state index in [0.717, 1.165) is 36.0 Å². The van der Waals surface area contributed by atoms with Gasteiger partial charge in [0.15, 0.2) is 11.6 Å². The number of nitrogens with one attached hydrogen (secondary N) is 1. The Hall–Kier alpha value is -4.37. The van der Waals surface area contributed by atoms with E-state index in [-0.39, 0.29) is 35.7 Å². The zero-order valence-electron chi connectivity index (χ0n) is 19.0. The zero-order chi connectivity index (χ0) is 27.9. The predicted octanol–water partition coefficient (Wildman–Crippen LogP) is 3.78. The number of hydrogen-bond acceptors (Lipinski definition) is 7. The van der Waals surface area contributed by atoms with E-state index >= 15 is 0 Å². The number of halogens is 7. The molecular weight excluding hydrogens is 533 g/mol. The lowest BCUT2D eigenvalue weighted by atomic mass is 9.81. The second kappa shape index (κ2) is 9.50. The molecule has 0 bridgehead atoms. The molecule has 1 aliphatic rings. The molecule has 1 N–H and O–H groups in total. The molecule has 1 amide bonds. The van der Waals surface area contributed by atoms with Gasteiger partial charge in [0.05, 0.1) is 12.8 Å². The van der Waals surface area contributed by atoms with Crippen LogP contribution in [0.4, 0.5) is 30.7 Å². The highest BCUT2D eigenvalue weighted by Gasteiger charge is 2.45. The number of carbonyl (C=O) groups excluding carboxylic acids is 2. The van der Waals surface area contributed by atoms with Crippen molar-refractivity contribution in [3.8, 4) is 17.5 Å². The Kier molecular flexibility index (Phi) is 6.67. The van der Waals surface area contributed by atoms with Crippen LogP contribution in [0.15, 0.2) is 42.7 Å². The molecule has 9 nitrogen and oxygen atoms in total. The minimum absolute atomic E-state index is 0.0352. The average Bonchev–Trinajstić information content (AvgIpc) is 3.19. The maximum atomic E-state index is 14.7. The quantitative estimate of drug-likeness (QED) is 0.382. The summed E-state index contributed by atoms with van der Waals surface area (Å²) in [5.74, 6) is -5.85. The number of fused-ring (bicyclic) bond motifs is 1. The summed E-state index contributed by atoms with van der Waals surface area (Å²) in [7, 11) is 1.10. The number of aromatic nitrogens is 3. The van der Waals surface area contributed by atoms with Crippen LogP contribution in [0.3, 0.4) is 0 Å². The van der Waals surface area contributed by atoms with E-state index in [1.165, 1.54) is 18.3 Å². The molecule has 1 atom stereocenters. The summed E-state index contributed by atoms with van der Waals surface area (Å²) >= 11 is 0. The molecule has 0 fully saturated rings. The lowest BCUT2D eigenvalue weighted by Gasteiger charge is -2.39. The van der Waals surface area contributed by atoms with Gasteiger partial charge in [0.25, 0.3) is 5.91 Å². The average molecular weight is 548 g/mol. The molecule has 0 saturated heterocycles. The van der Waals surface area contributed by atoms with Gasteiger partial charge in [0.2, 0.25) is 0 Å². The van der Waals surface area contributed by atoms with Crippen molar-refractivity contribution in [2.75, 3.05) is 6.61 Å². The molecule has 16 heteroatoms. The minimum atomic E-state index is -5.32. The first-order valence-corrected chi connectivity index (χ1v) is 10.5. The van der Waals surface area contributed by atoms with Crippen molar-refractivity contribution in [3.05, 3.63) is 65.5 Å². The van der Waals surface area contributed by atoms with Gasteiger partial charge >= 0.3 is 24.5 Å². The molecule has 2 aromatic heterocycles. The van der Waals surface area contributed by atoms with Crippen molar-refractivity contribution in [1.29, 1.82) is 0 Å². The fourth-order valence-electron chi connectivity index (χ4n) is 3.81. The molecule has 1 aromatic carbocycles. The Morgan fingerprint density at radius 3 is 2.53 bits per heavy atom. The lowest BCUT2D eigenvalue weighted by molar-refractivity contribution is -0.275. The Bertz CT molecular complexity index is 1390. The van der Waals surface area contributed by atoms with Gasteiger partial charge in [-0.05, 0) is 29.8 Å². The number of hydrogen-bond donors (Lipinski definition) is 1. The third-order valence-corrected chi connectivity index (χ3v) is 5.48. The van der Waals surface area contributed by atoms with Gasteiger partial charge in [0, 0.05) is 19.7 Å². The van der Waals surface area contributed by atoms with Crippen molar-refractivity contribution in [1.82, 2.24) is 19.9 Å². The van der Waals surface area contributed by atoms with Crippen molar-refractivity contribution < 1.29 is 54.5 Å². The first-order chi connectivity index (χ1) is 17.7. The van der Waals surface area contributed by atoms with Crippen LogP contribution in [-0.2, 0) is 17.4 Å². The summed E-state index contributed by atoms with van der Waals surface area (Å²) in [5.41, 5.74) is -1.99. The molecule has 38 heavy (non-hydrogen) atoms. The maximum Gasteiger partial charge on any atom is 0.573 e. The molecule has 0 aliphatic carbocycles. The molecule has 0 saturated carbocycles. The highest BCUT2D eigenvalue weighted by atomic mass is 19.4. The number of pyridine rings is 1. The molecule has 0 spiro atoms. The molecule has 0 radical (unpaired) electrons. The number of nitrogens with zero attached hydrogens (tertiary/aromatic N) is 3. The smallest absolute Gasteiger partial charge is 0.491 e. The molecule has 3 aromatic rings. The topological polar surface area (TPSA) is 105 Å². The first-order valence-electron chi connectivity index (χ1n) is 10.5. The third kappa shape index (κ3) is 5.19. The fraction of sp³-hybridized carbons (Fsp3) is 0.273. The standard InChI is InChI=1S/C22H15F7N4O5/c1-33-13(10-31-19(33)37-18(35)21(24,25)26)17(34)32-20(6-8-36-15-3-2-7-30-16(15)20)11-4-5-14(12(23)9-11)38-22(27,28)29/h2-5,7,9-10H,6,8H2,1H3,(H,32,34). The molecule has 3 heterocycles. The number of benzene rings is 1. The molecular formula is C22H15F7N4O5. The van der Waals surface area contributed by atoms with Gasteiger partial charge in [0.1, 0.15) is 22.7 Å². The van der Waals surface area contributed by atoms with Crippen LogP contribution in [0.1, 0.15) is 28.2 Å². The van der Waals surface area contributed by atoms with E-state index in [0.29, 0.717) is 0 Å². The van der Waals surface area contributed by atoms with Crippen LogP contribution >= 0.6 is 0 Å². The van der Waals surface area contributed by atoms with E-state index in [4.69, 9.17) is 4.74 Å². The van der Waals surface area contributed by atoms with E-state index in [1.54, 1.807) is 0 Å². The predicted molar refractivity (Wildman–Crippen MR) is 111 cm³/mol.